The number of amides is 1. The molecule has 0 aliphatic rings. The summed E-state index contributed by atoms with van der Waals surface area (Å²) in [5.74, 6) is -0.750. The Hall–Kier alpha value is -2.71. The quantitative estimate of drug-likeness (QED) is 0.502. The van der Waals surface area contributed by atoms with Crippen molar-refractivity contribution in [3.8, 4) is 0 Å². The van der Waals surface area contributed by atoms with Gasteiger partial charge in [0.2, 0.25) is 0 Å². The van der Waals surface area contributed by atoms with Gasteiger partial charge in [0.25, 0.3) is 5.69 Å². The van der Waals surface area contributed by atoms with Crippen molar-refractivity contribution in [1.82, 2.24) is 10.3 Å². The Morgan fingerprint density at radius 3 is 2.08 bits per heavy atom. The van der Waals surface area contributed by atoms with E-state index in [-0.39, 0.29) is 11.4 Å². The van der Waals surface area contributed by atoms with E-state index < -0.39 is 34.2 Å². The first-order chi connectivity index (χ1) is 11.3. The second kappa shape index (κ2) is 7.45. The van der Waals surface area contributed by atoms with Crippen molar-refractivity contribution >= 4 is 17.7 Å². The lowest BCUT2D eigenvalue weighted by Crippen LogP contribution is -2.41. The number of alkyl carbamates (subject to hydrolysis) is 1. The third-order valence-corrected chi connectivity index (χ3v) is 2.58. The number of hydrogen-bond acceptors (Lipinski definition) is 7. The SMILES string of the molecule is CC(C)(C)OC(=O)NC(C(=O)OC(C)(C)C)c1ccc([N+](=O)[O-])cn1. The van der Waals surface area contributed by atoms with E-state index in [4.69, 9.17) is 9.47 Å². The van der Waals surface area contributed by atoms with Crippen molar-refractivity contribution in [1.29, 1.82) is 0 Å². The van der Waals surface area contributed by atoms with E-state index in [2.05, 4.69) is 10.3 Å². The zero-order valence-electron chi connectivity index (χ0n) is 15.2. The number of carbonyl (C=O) groups is 2. The average molecular weight is 353 g/mol. The predicted molar refractivity (Wildman–Crippen MR) is 88.8 cm³/mol. The van der Waals surface area contributed by atoms with E-state index in [1.165, 1.54) is 12.1 Å². The fourth-order valence-corrected chi connectivity index (χ4v) is 1.72. The molecule has 1 aromatic heterocycles. The molecule has 0 aromatic carbocycles. The number of carbonyl (C=O) groups excluding carboxylic acids is 2. The first-order valence-corrected chi connectivity index (χ1v) is 7.61. The van der Waals surface area contributed by atoms with Gasteiger partial charge in [0.1, 0.15) is 17.4 Å². The topological polar surface area (TPSA) is 121 Å². The molecule has 138 valence electrons. The van der Waals surface area contributed by atoms with Crippen LogP contribution in [-0.4, -0.2) is 33.2 Å². The molecule has 1 atom stereocenters. The number of hydrogen-bond donors (Lipinski definition) is 1. The van der Waals surface area contributed by atoms with Crippen molar-refractivity contribution in [3.63, 3.8) is 0 Å². The summed E-state index contributed by atoms with van der Waals surface area (Å²) in [6.07, 6.45) is 0.173. The predicted octanol–water partition coefficient (Wildman–Crippen LogP) is 2.90. The number of nitrogens with zero attached hydrogens (tertiary/aromatic N) is 2. The van der Waals surface area contributed by atoms with Gasteiger partial charge in [0.05, 0.1) is 10.6 Å². The van der Waals surface area contributed by atoms with Gasteiger partial charge in [-0.1, -0.05) is 0 Å². The van der Waals surface area contributed by atoms with Gasteiger partial charge >= 0.3 is 12.1 Å². The first-order valence-electron chi connectivity index (χ1n) is 7.61. The van der Waals surface area contributed by atoms with Crippen LogP contribution in [0.2, 0.25) is 0 Å². The summed E-state index contributed by atoms with van der Waals surface area (Å²) in [7, 11) is 0. The van der Waals surface area contributed by atoms with Gasteiger partial charge < -0.3 is 14.8 Å². The minimum absolute atomic E-state index is 0.103. The standard InChI is InChI=1S/C16H23N3O6/c1-15(2,3)24-13(20)12(18-14(21)25-16(4,5)6)11-8-7-10(9-17-11)19(22)23/h7-9,12H,1-6H3,(H,18,21). The van der Waals surface area contributed by atoms with E-state index in [0.29, 0.717) is 0 Å². The molecule has 9 heteroatoms. The maximum atomic E-state index is 12.4. The minimum atomic E-state index is -1.25. The fourth-order valence-electron chi connectivity index (χ4n) is 1.72. The van der Waals surface area contributed by atoms with Gasteiger partial charge in [-0.25, -0.2) is 9.59 Å². The van der Waals surface area contributed by atoms with Crippen LogP contribution in [0.25, 0.3) is 0 Å². The van der Waals surface area contributed by atoms with Crippen molar-refractivity contribution in [2.45, 2.75) is 58.8 Å². The number of pyridine rings is 1. The lowest BCUT2D eigenvalue weighted by molar-refractivity contribution is -0.385. The van der Waals surface area contributed by atoms with Crippen LogP contribution < -0.4 is 5.32 Å². The molecule has 1 rings (SSSR count). The van der Waals surface area contributed by atoms with Gasteiger partial charge in [0.15, 0.2) is 6.04 Å². The molecule has 1 aromatic rings. The molecule has 25 heavy (non-hydrogen) atoms. The third kappa shape index (κ3) is 7.15. The highest BCUT2D eigenvalue weighted by Crippen LogP contribution is 2.20. The van der Waals surface area contributed by atoms with Crippen molar-refractivity contribution < 1.29 is 24.0 Å². The summed E-state index contributed by atoms with van der Waals surface area (Å²) in [6, 6.07) is 1.22. The van der Waals surface area contributed by atoms with Crippen molar-refractivity contribution in [2.75, 3.05) is 0 Å². The Balaban J connectivity index is 3.08. The van der Waals surface area contributed by atoms with Crippen LogP contribution in [0.3, 0.4) is 0 Å². The van der Waals surface area contributed by atoms with Crippen molar-refractivity contribution in [2.24, 2.45) is 0 Å². The third-order valence-electron chi connectivity index (χ3n) is 2.58. The number of ether oxygens (including phenoxy) is 2. The zero-order chi connectivity index (χ0) is 19.4. The number of nitro groups is 1. The number of nitrogens with one attached hydrogen (secondary N) is 1. The zero-order valence-corrected chi connectivity index (χ0v) is 15.2. The van der Waals surface area contributed by atoms with Crippen LogP contribution in [0.15, 0.2) is 18.3 Å². The Labute approximate surface area is 145 Å². The highest BCUT2D eigenvalue weighted by atomic mass is 16.6. The smallest absolute Gasteiger partial charge is 0.408 e. The molecule has 1 heterocycles. The molecule has 0 saturated carbocycles. The molecule has 0 saturated heterocycles. The van der Waals surface area contributed by atoms with Crippen LogP contribution in [0, 0.1) is 10.1 Å². The summed E-state index contributed by atoms with van der Waals surface area (Å²) < 4.78 is 10.4. The maximum absolute atomic E-state index is 12.4. The summed E-state index contributed by atoms with van der Waals surface area (Å²) in [6.45, 7) is 10.1. The van der Waals surface area contributed by atoms with Crippen LogP contribution >= 0.6 is 0 Å². The summed E-state index contributed by atoms with van der Waals surface area (Å²) in [4.78, 5) is 38.4. The molecule has 1 N–H and O–H groups in total. The maximum Gasteiger partial charge on any atom is 0.408 e. The summed E-state index contributed by atoms with van der Waals surface area (Å²) in [5, 5.41) is 13.1. The van der Waals surface area contributed by atoms with E-state index in [1.54, 1.807) is 41.5 Å². The molecule has 0 radical (unpaired) electrons. The van der Waals surface area contributed by atoms with E-state index in [0.717, 1.165) is 6.20 Å². The normalized spacial score (nSPS) is 12.9. The second-order valence-corrected chi connectivity index (χ2v) is 7.31. The van der Waals surface area contributed by atoms with Gasteiger partial charge in [-0.3, -0.25) is 15.1 Å². The average Bonchev–Trinajstić information content (AvgIpc) is 2.41. The highest BCUT2D eigenvalue weighted by molar-refractivity contribution is 5.82. The highest BCUT2D eigenvalue weighted by Gasteiger charge is 2.31. The lowest BCUT2D eigenvalue weighted by atomic mass is 10.1. The summed E-state index contributed by atoms with van der Waals surface area (Å²) in [5.41, 5.74) is -1.67. The Bertz CT molecular complexity index is 643. The van der Waals surface area contributed by atoms with Crippen LogP contribution in [-0.2, 0) is 14.3 Å². The van der Waals surface area contributed by atoms with Crippen LogP contribution in [0.1, 0.15) is 53.3 Å². The Kier molecular flexibility index (Phi) is 6.06. The number of esters is 1. The molecule has 0 aliphatic heterocycles. The van der Waals surface area contributed by atoms with Gasteiger partial charge in [-0.05, 0) is 47.6 Å². The molecule has 0 spiro atoms. The van der Waals surface area contributed by atoms with Crippen molar-refractivity contribution in [3.05, 3.63) is 34.1 Å². The van der Waals surface area contributed by atoms with Gasteiger partial charge in [0, 0.05) is 6.07 Å². The minimum Gasteiger partial charge on any atom is -0.458 e. The lowest BCUT2D eigenvalue weighted by Gasteiger charge is -2.26. The largest absolute Gasteiger partial charge is 0.458 e. The molecule has 0 aliphatic carbocycles. The van der Waals surface area contributed by atoms with Gasteiger partial charge in [-0.15, -0.1) is 0 Å². The van der Waals surface area contributed by atoms with E-state index >= 15 is 0 Å². The van der Waals surface area contributed by atoms with Gasteiger partial charge in [-0.2, -0.15) is 0 Å². The first kappa shape index (κ1) is 20.3. The Morgan fingerprint density at radius 1 is 1.12 bits per heavy atom. The molecule has 1 unspecified atom stereocenters. The molecular weight excluding hydrogens is 330 g/mol. The molecule has 9 nitrogen and oxygen atoms in total. The monoisotopic (exact) mass is 353 g/mol. The van der Waals surface area contributed by atoms with E-state index in [1.807, 2.05) is 0 Å². The summed E-state index contributed by atoms with van der Waals surface area (Å²) >= 11 is 0. The number of aromatic nitrogens is 1. The molecule has 0 bridgehead atoms. The molecular formula is C16H23N3O6. The fraction of sp³-hybridized carbons (Fsp3) is 0.562. The molecule has 0 fully saturated rings. The number of rotatable bonds is 4. The molecule has 1 amide bonds. The van der Waals surface area contributed by atoms with E-state index in [9.17, 15) is 19.7 Å². The Morgan fingerprint density at radius 2 is 1.68 bits per heavy atom. The van der Waals surface area contributed by atoms with Crippen LogP contribution in [0.5, 0.6) is 0 Å². The van der Waals surface area contributed by atoms with Crippen LogP contribution in [0.4, 0.5) is 10.5 Å². The second-order valence-electron chi connectivity index (χ2n) is 7.31.